The molecule has 0 amide bonds. The molecule has 0 aromatic heterocycles. The van der Waals surface area contributed by atoms with E-state index >= 15 is 0 Å². The molecule has 0 radical (unpaired) electrons. The highest BCUT2D eigenvalue weighted by Gasteiger charge is 2.13. The number of nitrogens with one attached hydrogen (secondary N) is 1. The normalized spacial score (nSPS) is 11.7. The molecule has 84 valence electrons. The highest BCUT2D eigenvalue weighted by atomic mass is 35.5. The van der Waals surface area contributed by atoms with Gasteiger partial charge in [0.25, 0.3) is 0 Å². The van der Waals surface area contributed by atoms with Gasteiger partial charge < -0.3 is 5.32 Å². The lowest BCUT2D eigenvalue weighted by Crippen LogP contribution is -2.28. The lowest BCUT2D eigenvalue weighted by atomic mass is 9.90. The molecule has 15 heavy (non-hydrogen) atoms. The Balaban J connectivity index is 2.42. The molecule has 0 aliphatic heterocycles. The molecule has 0 heterocycles. The van der Waals surface area contributed by atoms with E-state index < -0.39 is 0 Å². The summed E-state index contributed by atoms with van der Waals surface area (Å²) in [6.45, 7) is 8.63. The monoisotopic (exact) mass is 225 g/mol. The second-order valence-electron chi connectivity index (χ2n) is 4.71. The Morgan fingerprint density at radius 2 is 1.93 bits per heavy atom. The molecule has 2 heteroatoms. The molecule has 0 aliphatic rings. The fourth-order valence-electron chi connectivity index (χ4n) is 1.30. The van der Waals surface area contributed by atoms with Crippen LogP contribution in [0.4, 0.5) is 0 Å². The molecule has 1 aromatic carbocycles. The summed E-state index contributed by atoms with van der Waals surface area (Å²) in [6.07, 6.45) is 1.18. The third kappa shape index (κ3) is 4.23. The van der Waals surface area contributed by atoms with E-state index in [2.05, 4.69) is 32.2 Å². The zero-order chi connectivity index (χ0) is 11.3. The van der Waals surface area contributed by atoms with Crippen LogP contribution in [-0.2, 0) is 6.54 Å². The van der Waals surface area contributed by atoms with E-state index in [-0.39, 0.29) is 0 Å². The molecule has 0 unspecified atom stereocenters. The van der Waals surface area contributed by atoms with Crippen molar-refractivity contribution in [2.24, 2.45) is 5.41 Å². The van der Waals surface area contributed by atoms with E-state index in [9.17, 15) is 0 Å². The van der Waals surface area contributed by atoms with Gasteiger partial charge >= 0.3 is 0 Å². The summed E-state index contributed by atoms with van der Waals surface area (Å²) in [5.41, 5.74) is 1.53. The number of hydrogen-bond acceptors (Lipinski definition) is 1. The van der Waals surface area contributed by atoms with Crippen LogP contribution >= 0.6 is 11.6 Å². The van der Waals surface area contributed by atoms with Crippen molar-refractivity contribution in [1.29, 1.82) is 0 Å². The van der Waals surface area contributed by atoms with Gasteiger partial charge in [-0.1, -0.05) is 50.6 Å². The van der Waals surface area contributed by atoms with Gasteiger partial charge in [-0.2, -0.15) is 0 Å². The Hall–Kier alpha value is -0.530. The van der Waals surface area contributed by atoms with E-state index in [1.165, 1.54) is 12.0 Å². The van der Waals surface area contributed by atoms with E-state index in [1.807, 2.05) is 18.2 Å². The SMILES string of the molecule is CCC(C)(C)CNCc1ccccc1Cl. The Bertz CT molecular complexity index is 307. The lowest BCUT2D eigenvalue weighted by Gasteiger charge is -2.23. The van der Waals surface area contributed by atoms with Crippen LogP contribution in [-0.4, -0.2) is 6.54 Å². The first-order valence-electron chi connectivity index (χ1n) is 5.49. The number of hydrogen-bond donors (Lipinski definition) is 1. The third-order valence-corrected chi connectivity index (χ3v) is 3.20. The molecule has 0 aliphatic carbocycles. The predicted molar refractivity (Wildman–Crippen MR) is 67.2 cm³/mol. The summed E-state index contributed by atoms with van der Waals surface area (Å²) in [6, 6.07) is 7.98. The first kappa shape index (κ1) is 12.5. The van der Waals surface area contributed by atoms with Gasteiger partial charge in [-0.25, -0.2) is 0 Å². The minimum atomic E-state index is 0.362. The predicted octanol–water partition coefficient (Wildman–Crippen LogP) is 3.87. The lowest BCUT2D eigenvalue weighted by molar-refractivity contribution is 0.327. The molecule has 0 bridgehead atoms. The van der Waals surface area contributed by atoms with E-state index in [1.54, 1.807) is 0 Å². The molecule has 1 N–H and O–H groups in total. The van der Waals surface area contributed by atoms with Crippen LogP contribution in [0.25, 0.3) is 0 Å². The molecule has 0 spiro atoms. The maximum absolute atomic E-state index is 6.07. The van der Waals surface area contributed by atoms with Crippen LogP contribution < -0.4 is 5.32 Å². The first-order valence-corrected chi connectivity index (χ1v) is 5.87. The van der Waals surface area contributed by atoms with Crippen LogP contribution in [0, 0.1) is 5.41 Å². The fourth-order valence-corrected chi connectivity index (χ4v) is 1.50. The molecule has 1 aromatic rings. The van der Waals surface area contributed by atoms with Gasteiger partial charge in [0.1, 0.15) is 0 Å². The molecule has 0 atom stereocenters. The molecule has 0 saturated heterocycles. The minimum absolute atomic E-state index is 0.362. The van der Waals surface area contributed by atoms with Gasteiger partial charge in [-0.3, -0.25) is 0 Å². The summed E-state index contributed by atoms with van der Waals surface area (Å²) < 4.78 is 0. The molecular weight excluding hydrogens is 206 g/mol. The standard InChI is InChI=1S/C13H20ClN/c1-4-13(2,3)10-15-9-11-7-5-6-8-12(11)14/h5-8,15H,4,9-10H2,1-3H3. The molecule has 0 saturated carbocycles. The van der Waals surface area contributed by atoms with Crippen LogP contribution in [0.3, 0.4) is 0 Å². The molecule has 0 fully saturated rings. The summed E-state index contributed by atoms with van der Waals surface area (Å²) in [5, 5.41) is 4.30. The van der Waals surface area contributed by atoms with E-state index in [4.69, 9.17) is 11.6 Å². The van der Waals surface area contributed by atoms with Gasteiger partial charge in [0.05, 0.1) is 0 Å². The summed E-state index contributed by atoms with van der Waals surface area (Å²) >= 11 is 6.07. The maximum Gasteiger partial charge on any atom is 0.0450 e. The highest BCUT2D eigenvalue weighted by molar-refractivity contribution is 6.31. The van der Waals surface area contributed by atoms with Crippen molar-refractivity contribution in [3.63, 3.8) is 0 Å². The van der Waals surface area contributed by atoms with Crippen molar-refractivity contribution >= 4 is 11.6 Å². The van der Waals surface area contributed by atoms with Gasteiger partial charge in [0.2, 0.25) is 0 Å². The van der Waals surface area contributed by atoms with Crippen LogP contribution in [0.5, 0.6) is 0 Å². The Kier molecular flexibility index (Phi) is 4.62. The maximum atomic E-state index is 6.07. The van der Waals surface area contributed by atoms with Gasteiger partial charge in [0.15, 0.2) is 0 Å². The number of halogens is 1. The van der Waals surface area contributed by atoms with Gasteiger partial charge in [-0.05, 0) is 23.5 Å². The van der Waals surface area contributed by atoms with Gasteiger partial charge in [0, 0.05) is 18.1 Å². The van der Waals surface area contributed by atoms with Crippen molar-refractivity contribution in [1.82, 2.24) is 5.32 Å². The molecular formula is C13H20ClN. The van der Waals surface area contributed by atoms with Gasteiger partial charge in [-0.15, -0.1) is 0 Å². The fraction of sp³-hybridized carbons (Fsp3) is 0.538. The molecule has 1 nitrogen and oxygen atoms in total. The number of rotatable bonds is 5. The summed E-state index contributed by atoms with van der Waals surface area (Å²) in [4.78, 5) is 0. The smallest absolute Gasteiger partial charge is 0.0450 e. The average molecular weight is 226 g/mol. The van der Waals surface area contributed by atoms with E-state index in [0.29, 0.717) is 5.41 Å². The Morgan fingerprint density at radius 3 is 2.53 bits per heavy atom. The average Bonchev–Trinajstić information content (AvgIpc) is 2.21. The number of benzene rings is 1. The summed E-state index contributed by atoms with van der Waals surface area (Å²) in [7, 11) is 0. The van der Waals surface area contributed by atoms with Crippen LogP contribution in [0.15, 0.2) is 24.3 Å². The molecule has 1 rings (SSSR count). The summed E-state index contributed by atoms with van der Waals surface area (Å²) in [5.74, 6) is 0. The topological polar surface area (TPSA) is 12.0 Å². The third-order valence-electron chi connectivity index (χ3n) is 2.83. The largest absolute Gasteiger partial charge is 0.312 e. The van der Waals surface area contributed by atoms with Crippen LogP contribution in [0.2, 0.25) is 5.02 Å². The quantitative estimate of drug-likeness (QED) is 0.803. The van der Waals surface area contributed by atoms with Crippen molar-refractivity contribution in [3.8, 4) is 0 Å². The van der Waals surface area contributed by atoms with Crippen LogP contribution in [0.1, 0.15) is 32.8 Å². The minimum Gasteiger partial charge on any atom is -0.312 e. The Morgan fingerprint density at radius 1 is 1.27 bits per heavy atom. The second kappa shape index (κ2) is 5.53. The zero-order valence-corrected chi connectivity index (χ0v) is 10.6. The zero-order valence-electron chi connectivity index (χ0n) is 9.81. The second-order valence-corrected chi connectivity index (χ2v) is 5.12. The van der Waals surface area contributed by atoms with Crippen molar-refractivity contribution in [2.45, 2.75) is 33.7 Å². The Labute approximate surface area is 97.8 Å². The first-order chi connectivity index (χ1) is 7.05. The van der Waals surface area contributed by atoms with Crippen molar-refractivity contribution < 1.29 is 0 Å². The highest BCUT2D eigenvalue weighted by Crippen LogP contribution is 2.19. The van der Waals surface area contributed by atoms with Crippen molar-refractivity contribution in [2.75, 3.05) is 6.54 Å². The van der Waals surface area contributed by atoms with E-state index in [0.717, 1.165) is 18.1 Å². The van der Waals surface area contributed by atoms with Crippen molar-refractivity contribution in [3.05, 3.63) is 34.9 Å².